The highest BCUT2D eigenvalue weighted by atomic mass is 16.5. The lowest BCUT2D eigenvalue weighted by atomic mass is 10.4. The first-order valence-corrected chi connectivity index (χ1v) is 4.49. The summed E-state index contributed by atoms with van der Waals surface area (Å²) in [4.78, 5) is 7.87. The van der Waals surface area contributed by atoms with Crippen LogP contribution >= 0.6 is 0 Å². The number of hydroxylamine groups is 1. The van der Waals surface area contributed by atoms with Crippen LogP contribution in [-0.2, 0) is 0 Å². The molecule has 0 aliphatic heterocycles. The number of nitrogens with one attached hydrogen (secondary N) is 1. The third-order valence-electron chi connectivity index (χ3n) is 1.56. The van der Waals surface area contributed by atoms with Crippen LogP contribution in [-0.4, -0.2) is 23.1 Å². The zero-order valence-corrected chi connectivity index (χ0v) is 8.42. The molecule has 0 bridgehead atoms. The van der Waals surface area contributed by atoms with Crippen molar-refractivity contribution in [1.29, 1.82) is 0 Å². The molecule has 5 heteroatoms. The van der Waals surface area contributed by atoms with Crippen molar-refractivity contribution in [3.05, 3.63) is 30.5 Å². The molecule has 5 nitrogen and oxygen atoms in total. The Morgan fingerprint density at radius 1 is 1.60 bits per heavy atom. The Labute approximate surface area is 88.1 Å². The molecule has 2 N–H and O–H groups in total. The maximum absolute atomic E-state index is 8.27. The molecule has 0 fully saturated rings. The van der Waals surface area contributed by atoms with Crippen molar-refractivity contribution in [3.63, 3.8) is 0 Å². The minimum absolute atomic E-state index is 0.504. The second-order valence-corrected chi connectivity index (χ2v) is 2.62. The summed E-state index contributed by atoms with van der Waals surface area (Å²) >= 11 is 0. The van der Waals surface area contributed by atoms with E-state index in [9.17, 15) is 0 Å². The van der Waals surface area contributed by atoms with Gasteiger partial charge < -0.3 is 4.74 Å². The van der Waals surface area contributed by atoms with Crippen molar-refractivity contribution >= 4 is 12.0 Å². The third kappa shape index (κ3) is 4.24. The maximum atomic E-state index is 8.27. The molecule has 0 atom stereocenters. The second kappa shape index (κ2) is 6.56. The van der Waals surface area contributed by atoms with E-state index in [1.54, 1.807) is 18.3 Å². The van der Waals surface area contributed by atoms with Crippen LogP contribution < -0.4 is 10.2 Å². The fraction of sp³-hybridized carbons (Fsp3) is 0.200. The van der Waals surface area contributed by atoms with E-state index in [1.165, 1.54) is 0 Å². The second-order valence-electron chi connectivity index (χ2n) is 2.62. The first-order chi connectivity index (χ1) is 7.36. The van der Waals surface area contributed by atoms with E-state index in [1.807, 2.05) is 24.6 Å². The number of allylic oxidation sites excluding steroid dienone is 1. The fourth-order valence-corrected chi connectivity index (χ4v) is 0.867. The van der Waals surface area contributed by atoms with Crippen molar-refractivity contribution < 1.29 is 9.94 Å². The molecule has 80 valence electrons. The van der Waals surface area contributed by atoms with Crippen LogP contribution in [0.4, 0.5) is 5.69 Å². The molecule has 1 heterocycles. The fourth-order valence-electron chi connectivity index (χ4n) is 0.867. The molecule has 0 radical (unpaired) electrons. The predicted molar refractivity (Wildman–Crippen MR) is 57.6 cm³/mol. The van der Waals surface area contributed by atoms with Crippen molar-refractivity contribution in [2.75, 3.05) is 6.61 Å². The van der Waals surface area contributed by atoms with Gasteiger partial charge in [-0.2, -0.15) is 0 Å². The lowest BCUT2D eigenvalue weighted by molar-refractivity contribution is 0.240. The van der Waals surface area contributed by atoms with Crippen LogP contribution in [0.3, 0.4) is 0 Å². The Balaban J connectivity index is 2.52. The van der Waals surface area contributed by atoms with Crippen molar-refractivity contribution in [2.45, 2.75) is 6.92 Å². The number of aromatic nitrogens is 1. The summed E-state index contributed by atoms with van der Waals surface area (Å²) in [5.41, 5.74) is 2.45. The van der Waals surface area contributed by atoms with Crippen molar-refractivity contribution in [2.24, 2.45) is 4.99 Å². The Hall–Kier alpha value is -1.88. The van der Waals surface area contributed by atoms with E-state index in [2.05, 4.69) is 9.98 Å². The Morgan fingerprint density at radius 3 is 3.07 bits per heavy atom. The number of ether oxygens (including phenoxy) is 1. The Morgan fingerprint density at radius 2 is 2.47 bits per heavy atom. The third-order valence-corrected chi connectivity index (χ3v) is 1.56. The van der Waals surface area contributed by atoms with E-state index < -0.39 is 0 Å². The molecule has 0 saturated heterocycles. The molecular weight excluding hydrogens is 194 g/mol. The Kier molecular flexibility index (Phi) is 4.89. The summed E-state index contributed by atoms with van der Waals surface area (Å²) in [5.74, 6) is 0.545. The molecule has 0 aliphatic rings. The van der Waals surface area contributed by atoms with Gasteiger partial charge in [0.15, 0.2) is 0 Å². The molecule has 0 unspecified atom stereocenters. The minimum atomic E-state index is 0.504. The summed E-state index contributed by atoms with van der Waals surface area (Å²) in [6, 6.07) is 3.46. The van der Waals surface area contributed by atoms with Gasteiger partial charge in [-0.15, -0.1) is 0 Å². The van der Waals surface area contributed by atoms with Gasteiger partial charge in [-0.05, 0) is 13.0 Å². The zero-order valence-electron chi connectivity index (χ0n) is 8.42. The summed E-state index contributed by atoms with van der Waals surface area (Å²) in [6.45, 7) is 2.43. The molecular formula is C10H13N3O2. The van der Waals surface area contributed by atoms with E-state index in [-0.39, 0.29) is 0 Å². The highest BCUT2D eigenvalue weighted by Gasteiger charge is 1.93. The van der Waals surface area contributed by atoms with Crippen LogP contribution in [0.1, 0.15) is 6.92 Å². The zero-order chi connectivity index (χ0) is 10.9. The largest absolute Gasteiger partial charge is 0.473 e. The lowest BCUT2D eigenvalue weighted by Crippen LogP contribution is -2.01. The number of aliphatic imine (C=N–C) groups is 1. The van der Waals surface area contributed by atoms with E-state index in [4.69, 9.17) is 9.94 Å². The summed E-state index contributed by atoms with van der Waals surface area (Å²) in [5, 5.41) is 8.27. The number of hydrogen-bond acceptors (Lipinski definition) is 4. The van der Waals surface area contributed by atoms with Gasteiger partial charge in [0, 0.05) is 6.07 Å². The average molecular weight is 207 g/mol. The molecule has 0 amide bonds. The van der Waals surface area contributed by atoms with Crippen molar-refractivity contribution in [3.8, 4) is 5.88 Å². The monoisotopic (exact) mass is 207 g/mol. The molecule has 0 aliphatic carbocycles. The van der Waals surface area contributed by atoms with Gasteiger partial charge in [0.05, 0.1) is 11.9 Å². The SMILES string of the molecule is C/C=C/COc1ccc(N=CNO)cn1. The van der Waals surface area contributed by atoms with Crippen LogP contribution in [0.5, 0.6) is 5.88 Å². The van der Waals surface area contributed by atoms with E-state index >= 15 is 0 Å². The van der Waals surface area contributed by atoms with Gasteiger partial charge in [-0.3, -0.25) is 10.7 Å². The van der Waals surface area contributed by atoms with Gasteiger partial charge in [-0.25, -0.2) is 9.98 Å². The van der Waals surface area contributed by atoms with Gasteiger partial charge in [-0.1, -0.05) is 12.2 Å². The molecule has 15 heavy (non-hydrogen) atoms. The standard InChI is InChI=1S/C10H13N3O2/c1-2-3-6-15-10-5-4-9(7-11-10)12-8-13-14/h2-5,7-8,14H,6H2,1H3,(H,12,13)/b3-2+. The van der Waals surface area contributed by atoms with Gasteiger partial charge in [0.1, 0.15) is 12.9 Å². The van der Waals surface area contributed by atoms with E-state index in [0.717, 1.165) is 6.34 Å². The number of pyridine rings is 1. The highest BCUT2D eigenvalue weighted by Crippen LogP contribution is 2.13. The highest BCUT2D eigenvalue weighted by molar-refractivity contribution is 5.59. The molecule has 0 saturated carbocycles. The van der Waals surface area contributed by atoms with Gasteiger partial charge in [0.2, 0.25) is 5.88 Å². The van der Waals surface area contributed by atoms with Crippen LogP contribution in [0.25, 0.3) is 0 Å². The topological polar surface area (TPSA) is 66.7 Å². The summed E-state index contributed by atoms with van der Waals surface area (Å²) in [6.07, 6.45) is 6.52. The molecule has 1 rings (SSSR count). The normalized spacial score (nSPS) is 11.1. The lowest BCUT2D eigenvalue weighted by Gasteiger charge is -2.01. The van der Waals surface area contributed by atoms with Crippen LogP contribution in [0.2, 0.25) is 0 Å². The van der Waals surface area contributed by atoms with Gasteiger partial charge in [0.25, 0.3) is 0 Å². The smallest absolute Gasteiger partial charge is 0.213 e. The number of nitrogens with zero attached hydrogens (tertiary/aromatic N) is 2. The Bertz CT molecular complexity index is 333. The average Bonchev–Trinajstić information content (AvgIpc) is 2.28. The molecule has 1 aromatic heterocycles. The predicted octanol–water partition coefficient (Wildman–Crippen LogP) is 1.68. The maximum Gasteiger partial charge on any atom is 0.213 e. The van der Waals surface area contributed by atoms with Crippen LogP contribution in [0, 0.1) is 0 Å². The molecule has 0 spiro atoms. The van der Waals surface area contributed by atoms with Crippen molar-refractivity contribution in [1.82, 2.24) is 10.5 Å². The quantitative estimate of drug-likeness (QED) is 0.333. The first kappa shape index (κ1) is 11.2. The van der Waals surface area contributed by atoms with Gasteiger partial charge >= 0.3 is 0 Å². The first-order valence-electron chi connectivity index (χ1n) is 4.49. The van der Waals surface area contributed by atoms with Crippen LogP contribution in [0.15, 0.2) is 35.5 Å². The van der Waals surface area contributed by atoms with E-state index in [0.29, 0.717) is 18.2 Å². The number of hydrogen-bond donors (Lipinski definition) is 2. The number of rotatable bonds is 5. The summed E-state index contributed by atoms with van der Waals surface area (Å²) < 4.78 is 5.29. The molecule has 0 aromatic carbocycles. The summed E-state index contributed by atoms with van der Waals surface area (Å²) in [7, 11) is 0. The minimum Gasteiger partial charge on any atom is -0.473 e. The molecule has 1 aromatic rings.